The zero-order valence-corrected chi connectivity index (χ0v) is 28.3. The number of nitrogens with one attached hydrogen (secondary N) is 2. The summed E-state index contributed by atoms with van der Waals surface area (Å²) in [6, 6.07) is 24.8. The van der Waals surface area contributed by atoms with Crippen LogP contribution in [0.1, 0.15) is 60.0 Å². The number of unbranched alkanes of at least 4 members (excludes halogenated alkanes) is 1. The van der Waals surface area contributed by atoms with Crippen LogP contribution in [0.5, 0.6) is 0 Å². The highest BCUT2D eigenvalue weighted by atomic mass is 35.5. The average molecular weight is 703 g/mol. The van der Waals surface area contributed by atoms with Gasteiger partial charge in [0.2, 0.25) is 5.82 Å². The van der Waals surface area contributed by atoms with Crippen molar-refractivity contribution in [3.05, 3.63) is 107 Å². The number of H-pyrrole nitrogens is 1. The summed E-state index contributed by atoms with van der Waals surface area (Å²) in [6.45, 7) is 2.26. The Labute approximate surface area is 293 Å². The topological polar surface area (TPSA) is 181 Å². The van der Waals surface area contributed by atoms with Crippen LogP contribution in [-0.2, 0) is 33.8 Å². The number of nitrogens with zero attached hydrogens (tertiary/aromatic N) is 6. The zero-order chi connectivity index (χ0) is 35.3. The SMILES string of the molecule is CCCCc1nc(Cl)c(C(=O)NC(COC(=O)CCCON(O)O)Cc2ccccc2)n1Cc1ccc(-c2ccccc2-c2nn[nH]n2)cc1. The summed E-state index contributed by atoms with van der Waals surface area (Å²) in [5.41, 5.74) is 4.88. The number of imidazole rings is 1. The van der Waals surface area contributed by atoms with Crippen molar-refractivity contribution in [1.29, 1.82) is 0 Å². The van der Waals surface area contributed by atoms with Crippen LogP contribution < -0.4 is 5.32 Å². The molecule has 0 aliphatic carbocycles. The van der Waals surface area contributed by atoms with Gasteiger partial charge in [0.05, 0.1) is 18.0 Å². The van der Waals surface area contributed by atoms with Crippen molar-refractivity contribution < 1.29 is 29.6 Å². The first-order chi connectivity index (χ1) is 24.3. The second-order valence-corrected chi connectivity index (χ2v) is 11.9. The summed E-state index contributed by atoms with van der Waals surface area (Å²) in [4.78, 5) is 35.5. The molecule has 2 aromatic heterocycles. The van der Waals surface area contributed by atoms with Crippen LogP contribution in [0.25, 0.3) is 22.5 Å². The fraction of sp³-hybridized carbons (Fsp3) is 0.314. The molecule has 5 rings (SSSR count). The predicted octanol–water partition coefficient (Wildman–Crippen LogP) is 5.45. The summed E-state index contributed by atoms with van der Waals surface area (Å²) in [5, 5.41) is 34.5. The minimum absolute atomic E-state index is 0.0132. The normalized spacial score (nSPS) is 11.9. The van der Waals surface area contributed by atoms with Gasteiger partial charge < -0.3 is 14.6 Å². The molecule has 15 heteroatoms. The number of carbonyl (C=O) groups excluding carboxylic acids is 2. The van der Waals surface area contributed by atoms with E-state index in [-0.39, 0.29) is 36.9 Å². The highest BCUT2D eigenvalue weighted by Gasteiger charge is 2.25. The lowest BCUT2D eigenvalue weighted by Gasteiger charge is -2.20. The van der Waals surface area contributed by atoms with Gasteiger partial charge in [-0.3, -0.25) is 24.8 Å². The number of benzene rings is 3. The van der Waals surface area contributed by atoms with Crippen molar-refractivity contribution in [3.63, 3.8) is 0 Å². The molecule has 0 bridgehead atoms. The lowest BCUT2D eigenvalue weighted by Crippen LogP contribution is -2.41. The number of hydrogen-bond donors (Lipinski definition) is 4. The van der Waals surface area contributed by atoms with E-state index in [0.717, 1.165) is 40.7 Å². The Hall–Kier alpha value is -4.99. The molecular weight excluding hydrogens is 664 g/mol. The average Bonchev–Trinajstić information content (AvgIpc) is 3.77. The minimum atomic E-state index is -0.576. The van der Waals surface area contributed by atoms with Gasteiger partial charge in [0.1, 0.15) is 18.1 Å². The third-order valence-corrected chi connectivity index (χ3v) is 8.19. The molecule has 0 radical (unpaired) electrons. The number of halogens is 1. The lowest BCUT2D eigenvalue weighted by molar-refractivity contribution is -0.492. The van der Waals surface area contributed by atoms with Gasteiger partial charge in [0.15, 0.2) is 5.15 Å². The van der Waals surface area contributed by atoms with Crippen molar-refractivity contribution in [2.24, 2.45) is 0 Å². The lowest BCUT2D eigenvalue weighted by atomic mass is 9.98. The van der Waals surface area contributed by atoms with E-state index in [4.69, 9.17) is 26.8 Å². The Kier molecular flexibility index (Phi) is 13.2. The van der Waals surface area contributed by atoms with Crippen LogP contribution in [0.4, 0.5) is 0 Å². The second kappa shape index (κ2) is 18.1. The van der Waals surface area contributed by atoms with Gasteiger partial charge in [0.25, 0.3) is 5.91 Å². The molecule has 14 nitrogen and oxygen atoms in total. The molecule has 3 aromatic carbocycles. The third-order valence-electron chi connectivity index (χ3n) is 7.93. The number of amides is 1. The van der Waals surface area contributed by atoms with Gasteiger partial charge >= 0.3 is 5.97 Å². The Morgan fingerprint density at radius 3 is 2.42 bits per heavy atom. The van der Waals surface area contributed by atoms with Gasteiger partial charge in [0, 0.05) is 24.9 Å². The first-order valence-electron chi connectivity index (χ1n) is 16.3. The van der Waals surface area contributed by atoms with Crippen LogP contribution >= 0.6 is 11.6 Å². The number of aromatic amines is 1. The molecule has 1 amide bonds. The number of esters is 1. The highest BCUT2D eigenvalue weighted by molar-refractivity contribution is 6.32. The quantitative estimate of drug-likeness (QED) is 0.0518. The molecule has 262 valence electrons. The Morgan fingerprint density at radius 2 is 1.72 bits per heavy atom. The number of hydrogen-bond acceptors (Lipinski definition) is 11. The van der Waals surface area contributed by atoms with Crippen LogP contribution in [0.15, 0.2) is 78.9 Å². The first kappa shape index (κ1) is 36.3. The smallest absolute Gasteiger partial charge is 0.305 e. The van der Waals surface area contributed by atoms with Crippen molar-refractivity contribution in [2.45, 2.75) is 58.0 Å². The number of carbonyl (C=O) groups is 2. The molecule has 0 saturated heterocycles. The van der Waals surface area contributed by atoms with Gasteiger partial charge in [-0.1, -0.05) is 104 Å². The van der Waals surface area contributed by atoms with E-state index < -0.39 is 23.3 Å². The summed E-state index contributed by atoms with van der Waals surface area (Å²) >= 11 is 6.68. The van der Waals surface area contributed by atoms with Gasteiger partial charge in [-0.25, -0.2) is 4.98 Å². The molecule has 4 N–H and O–H groups in total. The number of tetrazole rings is 1. The van der Waals surface area contributed by atoms with Crippen molar-refractivity contribution in [2.75, 3.05) is 13.2 Å². The molecule has 0 saturated carbocycles. The van der Waals surface area contributed by atoms with E-state index in [1.807, 2.05) is 83.4 Å². The van der Waals surface area contributed by atoms with E-state index in [9.17, 15) is 9.59 Å². The van der Waals surface area contributed by atoms with Crippen molar-refractivity contribution >= 4 is 23.5 Å². The summed E-state index contributed by atoms with van der Waals surface area (Å²) in [5.74, 6) is 0.246. The molecule has 5 aromatic rings. The van der Waals surface area contributed by atoms with Crippen LogP contribution in [0.2, 0.25) is 5.15 Å². The minimum Gasteiger partial charge on any atom is -0.463 e. The molecule has 1 atom stereocenters. The molecule has 50 heavy (non-hydrogen) atoms. The van der Waals surface area contributed by atoms with Gasteiger partial charge in [-0.2, -0.15) is 5.21 Å². The highest BCUT2D eigenvalue weighted by Crippen LogP contribution is 2.30. The fourth-order valence-corrected chi connectivity index (χ4v) is 5.78. The van der Waals surface area contributed by atoms with Crippen molar-refractivity contribution in [1.82, 2.24) is 40.9 Å². The molecule has 0 aliphatic rings. The van der Waals surface area contributed by atoms with Gasteiger partial charge in [-0.15, -0.1) is 10.2 Å². The maximum absolute atomic E-state index is 14.0. The maximum Gasteiger partial charge on any atom is 0.305 e. The molecule has 2 heterocycles. The maximum atomic E-state index is 14.0. The molecule has 1 unspecified atom stereocenters. The standard InChI is InChI=1S/C35H39ClN8O6/c1-2-3-14-30-38-33(36)32(35(46)37-27(21-24-10-5-4-6-11-24)23-49-31(45)15-9-20-50-44(47)48)43(30)22-25-16-18-26(19-17-25)28-12-7-8-13-29(28)34-39-41-42-40-34/h4-8,10-13,16-19,27,47-48H,2-3,9,14-15,20-23H2,1H3,(H,37,46)(H,39,40,41,42). The molecule has 0 spiro atoms. The van der Waals surface area contributed by atoms with Crippen LogP contribution in [-0.4, -0.2) is 77.1 Å². The Bertz CT molecular complexity index is 1820. The number of aromatic nitrogens is 6. The second-order valence-electron chi connectivity index (χ2n) is 11.6. The zero-order valence-electron chi connectivity index (χ0n) is 27.5. The number of ether oxygens (including phenoxy) is 1. The summed E-state index contributed by atoms with van der Waals surface area (Å²) in [7, 11) is 0. The first-order valence-corrected chi connectivity index (χ1v) is 16.7. The number of aryl methyl sites for hydroxylation is 1. The Balaban J connectivity index is 1.35. The summed E-state index contributed by atoms with van der Waals surface area (Å²) < 4.78 is 7.35. The predicted molar refractivity (Wildman–Crippen MR) is 183 cm³/mol. The largest absolute Gasteiger partial charge is 0.463 e. The molecule has 0 fully saturated rings. The number of rotatable bonds is 18. The van der Waals surface area contributed by atoms with E-state index in [2.05, 4.69) is 42.7 Å². The van der Waals surface area contributed by atoms with E-state index in [1.165, 1.54) is 0 Å². The van der Waals surface area contributed by atoms with Crippen LogP contribution in [0, 0.1) is 0 Å². The van der Waals surface area contributed by atoms with Crippen molar-refractivity contribution in [3.8, 4) is 22.5 Å². The summed E-state index contributed by atoms with van der Waals surface area (Å²) in [6.07, 6.45) is 3.03. The van der Waals surface area contributed by atoms with E-state index in [0.29, 0.717) is 31.0 Å². The van der Waals surface area contributed by atoms with E-state index >= 15 is 0 Å². The van der Waals surface area contributed by atoms with Gasteiger partial charge in [-0.05, 0) is 46.7 Å². The monoisotopic (exact) mass is 702 g/mol. The van der Waals surface area contributed by atoms with E-state index in [1.54, 1.807) is 0 Å². The van der Waals surface area contributed by atoms with Crippen LogP contribution in [0.3, 0.4) is 0 Å². The third kappa shape index (κ3) is 10.0. The fourth-order valence-electron chi connectivity index (χ4n) is 5.49. The Morgan fingerprint density at radius 1 is 0.980 bits per heavy atom. The molecular formula is C35H39ClN8O6. The molecule has 0 aliphatic heterocycles.